The van der Waals surface area contributed by atoms with Crippen molar-refractivity contribution in [3.05, 3.63) is 74.6 Å². The zero-order valence-corrected chi connectivity index (χ0v) is 18.2. The topological polar surface area (TPSA) is 83.2 Å². The summed E-state index contributed by atoms with van der Waals surface area (Å²) in [7, 11) is 0. The standard InChI is InChI=1S/C24H23ClN2O5/c25-16-5-6-19-18(14-16)22(29)20-21(15-3-1-4-17(28)13-15)27(24(30)23(20)32-19)8-2-7-26-9-11-31-12-10-26/h1,3-6,13-14,21,28H,2,7-12H2. The number of amides is 1. The van der Waals surface area contributed by atoms with Crippen LogP contribution < -0.4 is 5.43 Å². The predicted molar refractivity (Wildman–Crippen MR) is 120 cm³/mol. The number of benzene rings is 2. The molecule has 1 fully saturated rings. The molecule has 166 valence electrons. The van der Waals surface area contributed by atoms with Crippen molar-refractivity contribution in [2.75, 3.05) is 39.4 Å². The summed E-state index contributed by atoms with van der Waals surface area (Å²) in [6.45, 7) is 4.46. The monoisotopic (exact) mass is 454 g/mol. The Morgan fingerprint density at radius 1 is 1.06 bits per heavy atom. The highest BCUT2D eigenvalue weighted by Crippen LogP contribution is 2.39. The van der Waals surface area contributed by atoms with Crippen LogP contribution in [0.3, 0.4) is 0 Å². The summed E-state index contributed by atoms with van der Waals surface area (Å²) in [5.74, 6) is -0.182. The van der Waals surface area contributed by atoms with Gasteiger partial charge in [0, 0.05) is 31.2 Å². The molecule has 0 bridgehead atoms. The Labute approximate surface area is 189 Å². The van der Waals surface area contributed by atoms with Crippen molar-refractivity contribution < 1.29 is 19.1 Å². The lowest BCUT2D eigenvalue weighted by atomic mass is 9.98. The largest absolute Gasteiger partial charge is 0.508 e. The van der Waals surface area contributed by atoms with Crippen molar-refractivity contribution in [2.24, 2.45) is 0 Å². The summed E-state index contributed by atoms with van der Waals surface area (Å²) in [6, 6.07) is 10.8. The summed E-state index contributed by atoms with van der Waals surface area (Å²) >= 11 is 6.11. The molecule has 5 rings (SSSR count). The number of fused-ring (bicyclic) bond motifs is 2. The lowest BCUT2D eigenvalue weighted by Crippen LogP contribution is -2.38. The maximum Gasteiger partial charge on any atom is 0.290 e. The highest BCUT2D eigenvalue weighted by molar-refractivity contribution is 6.31. The molecular formula is C24H23ClN2O5. The van der Waals surface area contributed by atoms with E-state index in [2.05, 4.69) is 4.90 Å². The van der Waals surface area contributed by atoms with Crippen molar-refractivity contribution in [1.29, 1.82) is 0 Å². The Hall–Kier alpha value is -2.87. The molecule has 0 spiro atoms. The normalized spacial score (nSPS) is 19.0. The van der Waals surface area contributed by atoms with Crippen LogP contribution in [0.5, 0.6) is 5.75 Å². The Bertz CT molecular complexity index is 1230. The van der Waals surface area contributed by atoms with Gasteiger partial charge in [0.05, 0.1) is 30.2 Å². The van der Waals surface area contributed by atoms with Crippen LogP contribution in [0.2, 0.25) is 5.02 Å². The van der Waals surface area contributed by atoms with Gasteiger partial charge in [-0.3, -0.25) is 14.5 Å². The van der Waals surface area contributed by atoms with Gasteiger partial charge < -0.3 is 19.2 Å². The molecule has 1 unspecified atom stereocenters. The maximum absolute atomic E-state index is 13.5. The van der Waals surface area contributed by atoms with Gasteiger partial charge in [-0.2, -0.15) is 0 Å². The lowest BCUT2D eigenvalue weighted by Gasteiger charge is -2.29. The fraction of sp³-hybridized carbons (Fsp3) is 0.333. The number of hydrogen-bond acceptors (Lipinski definition) is 6. The second kappa shape index (κ2) is 8.58. The molecule has 3 heterocycles. The van der Waals surface area contributed by atoms with E-state index in [0.29, 0.717) is 46.9 Å². The van der Waals surface area contributed by atoms with Crippen LogP contribution in [0.25, 0.3) is 11.0 Å². The molecule has 1 N–H and O–H groups in total. The summed E-state index contributed by atoms with van der Waals surface area (Å²) in [4.78, 5) is 30.8. The number of hydrogen-bond donors (Lipinski definition) is 1. The summed E-state index contributed by atoms with van der Waals surface area (Å²) in [5.41, 5.74) is 1.01. The third kappa shape index (κ3) is 3.77. The van der Waals surface area contributed by atoms with Crippen molar-refractivity contribution in [2.45, 2.75) is 12.5 Å². The molecule has 32 heavy (non-hydrogen) atoms. The first-order valence-corrected chi connectivity index (χ1v) is 11.1. The number of nitrogens with zero attached hydrogens (tertiary/aromatic N) is 2. The van der Waals surface area contributed by atoms with Crippen molar-refractivity contribution in [1.82, 2.24) is 9.80 Å². The van der Waals surface area contributed by atoms with Gasteiger partial charge in [-0.25, -0.2) is 0 Å². The van der Waals surface area contributed by atoms with Gasteiger partial charge in [0.2, 0.25) is 5.76 Å². The molecule has 2 aromatic carbocycles. The first kappa shape index (κ1) is 21.0. The molecule has 2 aliphatic rings. The van der Waals surface area contributed by atoms with Gasteiger partial charge in [-0.15, -0.1) is 0 Å². The minimum atomic E-state index is -0.631. The Morgan fingerprint density at radius 2 is 1.88 bits per heavy atom. The number of phenols is 1. The maximum atomic E-state index is 13.5. The Morgan fingerprint density at radius 3 is 2.66 bits per heavy atom. The molecular weight excluding hydrogens is 432 g/mol. The molecule has 2 aliphatic heterocycles. The highest BCUT2D eigenvalue weighted by Gasteiger charge is 2.42. The summed E-state index contributed by atoms with van der Waals surface area (Å²) < 4.78 is 11.3. The van der Waals surface area contributed by atoms with Gasteiger partial charge in [0.1, 0.15) is 11.3 Å². The fourth-order valence-electron chi connectivity index (χ4n) is 4.55. The van der Waals surface area contributed by atoms with Crippen LogP contribution in [-0.4, -0.2) is 60.2 Å². The zero-order valence-electron chi connectivity index (χ0n) is 17.4. The van der Waals surface area contributed by atoms with Crippen LogP contribution in [-0.2, 0) is 4.74 Å². The third-order valence-corrected chi connectivity index (χ3v) is 6.33. The predicted octanol–water partition coefficient (Wildman–Crippen LogP) is 3.42. The number of ether oxygens (including phenoxy) is 1. The molecule has 3 aromatic rings. The second-order valence-electron chi connectivity index (χ2n) is 8.12. The number of carbonyl (C=O) groups excluding carboxylic acids is 1. The molecule has 1 atom stereocenters. The van der Waals surface area contributed by atoms with E-state index >= 15 is 0 Å². The lowest BCUT2D eigenvalue weighted by molar-refractivity contribution is 0.0353. The molecule has 8 heteroatoms. The fourth-order valence-corrected chi connectivity index (χ4v) is 4.73. The zero-order chi connectivity index (χ0) is 22.2. The van der Waals surface area contributed by atoms with E-state index < -0.39 is 6.04 Å². The molecule has 1 amide bonds. The number of phenolic OH excluding ortho intramolecular Hbond substituents is 1. The van der Waals surface area contributed by atoms with Crippen molar-refractivity contribution in [3.63, 3.8) is 0 Å². The van der Waals surface area contributed by atoms with Gasteiger partial charge in [-0.05, 0) is 42.3 Å². The minimum Gasteiger partial charge on any atom is -0.508 e. The van der Waals surface area contributed by atoms with Gasteiger partial charge in [-0.1, -0.05) is 23.7 Å². The molecule has 7 nitrogen and oxygen atoms in total. The highest BCUT2D eigenvalue weighted by atomic mass is 35.5. The molecule has 1 aromatic heterocycles. The number of aromatic hydroxyl groups is 1. The average molecular weight is 455 g/mol. The van der Waals surface area contributed by atoms with Crippen LogP contribution in [0.1, 0.15) is 34.1 Å². The molecule has 0 saturated carbocycles. The number of rotatable bonds is 5. The smallest absolute Gasteiger partial charge is 0.290 e. The Balaban J connectivity index is 1.54. The minimum absolute atomic E-state index is 0.0598. The van der Waals surface area contributed by atoms with Crippen molar-refractivity contribution in [3.8, 4) is 5.75 Å². The van der Waals surface area contributed by atoms with Crippen LogP contribution in [0.15, 0.2) is 51.7 Å². The van der Waals surface area contributed by atoms with Crippen LogP contribution in [0, 0.1) is 0 Å². The van der Waals surface area contributed by atoms with Crippen LogP contribution >= 0.6 is 11.6 Å². The van der Waals surface area contributed by atoms with E-state index in [9.17, 15) is 14.7 Å². The first-order chi connectivity index (χ1) is 15.5. The van der Waals surface area contributed by atoms with E-state index in [-0.39, 0.29) is 22.8 Å². The Kier molecular flexibility index (Phi) is 5.63. The SMILES string of the molecule is O=C1c2oc3ccc(Cl)cc3c(=O)c2C(c2cccc(O)c2)N1CCCN1CCOCC1. The van der Waals surface area contributed by atoms with Crippen molar-refractivity contribution >= 4 is 28.5 Å². The van der Waals surface area contributed by atoms with E-state index in [1.54, 1.807) is 41.3 Å². The van der Waals surface area contributed by atoms with E-state index in [0.717, 1.165) is 26.1 Å². The molecule has 0 aliphatic carbocycles. The van der Waals surface area contributed by atoms with E-state index in [4.69, 9.17) is 20.8 Å². The summed E-state index contributed by atoms with van der Waals surface area (Å²) in [6.07, 6.45) is 0.745. The van der Waals surface area contributed by atoms with E-state index in [1.807, 2.05) is 6.07 Å². The number of morpholine rings is 1. The quantitative estimate of drug-likeness (QED) is 0.636. The van der Waals surface area contributed by atoms with E-state index in [1.165, 1.54) is 0 Å². The van der Waals surface area contributed by atoms with Gasteiger partial charge >= 0.3 is 0 Å². The third-order valence-electron chi connectivity index (χ3n) is 6.09. The molecule has 1 saturated heterocycles. The van der Waals surface area contributed by atoms with Gasteiger partial charge in [0.15, 0.2) is 5.43 Å². The first-order valence-electron chi connectivity index (χ1n) is 10.7. The summed E-state index contributed by atoms with van der Waals surface area (Å²) in [5, 5.41) is 10.8. The van der Waals surface area contributed by atoms with Gasteiger partial charge in [0.25, 0.3) is 5.91 Å². The average Bonchev–Trinajstić information content (AvgIpc) is 3.07. The molecule has 0 radical (unpaired) electrons. The number of carbonyl (C=O) groups is 1. The van der Waals surface area contributed by atoms with Crippen LogP contribution in [0.4, 0.5) is 0 Å². The second-order valence-corrected chi connectivity index (χ2v) is 8.55. The number of halogens is 1.